The molecule has 0 unspecified atom stereocenters. The Kier molecular flexibility index (Phi) is 8.77. The molecule has 0 saturated heterocycles. The molecule has 0 aliphatic rings. The molecule has 0 amide bonds. The molecule has 0 saturated carbocycles. The van der Waals surface area contributed by atoms with Gasteiger partial charge in [-0.25, -0.2) is 0 Å². The van der Waals surface area contributed by atoms with Crippen LogP contribution in [0.4, 0.5) is 0 Å². The smallest absolute Gasteiger partial charge is 0.0590 e. The Morgan fingerprint density at radius 2 is 2.10 bits per heavy atom. The summed E-state index contributed by atoms with van der Waals surface area (Å²) in [6.45, 7) is 6.27. The Bertz CT molecular complexity index is 51.6. The topological polar surface area (TPSA) is 47.3 Å². The summed E-state index contributed by atoms with van der Waals surface area (Å²) in [5.41, 5.74) is 5.27. The van der Waals surface area contributed by atoms with Gasteiger partial charge in [-0.1, -0.05) is 6.92 Å². The third-order valence-corrected chi connectivity index (χ3v) is 1.09. The molecular weight excluding hydrogens is 128 g/mol. The maximum atomic E-state index is 5.27. The molecule has 3 N–H and O–H groups in total. The molecule has 0 aliphatic heterocycles. The van der Waals surface area contributed by atoms with Crippen molar-refractivity contribution in [3.8, 4) is 0 Å². The van der Waals surface area contributed by atoms with Crippen LogP contribution in [0.15, 0.2) is 0 Å². The van der Waals surface area contributed by atoms with E-state index in [1.165, 1.54) is 0 Å². The second-order valence-corrected chi connectivity index (χ2v) is 2.15. The van der Waals surface area contributed by atoms with E-state index in [1.807, 2.05) is 0 Å². The van der Waals surface area contributed by atoms with Crippen molar-refractivity contribution >= 4 is 0 Å². The third kappa shape index (κ3) is 7.88. The zero-order chi connectivity index (χ0) is 7.66. The second-order valence-electron chi connectivity index (χ2n) is 2.15. The summed E-state index contributed by atoms with van der Waals surface area (Å²) < 4.78 is 5.23. The molecule has 0 fully saturated rings. The van der Waals surface area contributed by atoms with E-state index in [2.05, 4.69) is 12.2 Å². The molecule has 0 atom stereocenters. The van der Waals surface area contributed by atoms with Gasteiger partial charge >= 0.3 is 0 Å². The van der Waals surface area contributed by atoms with Gasteiger partial charge in [-0.3, -0.25) is 0 Å². The Morgan fingerprint density at radius 3 is 2.70 bits per heavy atom. The SMILES string of the molecule is CCCOCCNCCN. The van der Waals surface area contributed by atoms with Crippen molar-refractivity contribution in [2.45, 2.75) is 13.3 Å². The molecule has 0 aromatic rings. The number of rotatable bonds is 7. The van der Waals surface area contributed by atoms with Crippen molar-refractivity contribution in [1.82, 2.24) is 5.32 Å². The first-order valence-electron chi connectivity index (χ1n) is 3.90. The van der Waals surface area contributed by atoms with E-state index in [9.17, 15) is 0 Å². The van der Waals surface area contributed by atoms with Gasteiger partial charge in [0.2, 0.25) is 0 Å². The molecule has 0 aromatic heterocycles. The predicted molar refractivity (Wildman–Crippen MR) is 43.0 cm³/mol. The van der Waals surface area contributed by atoms with Crippen molar-refractivity contribution in [3.05, 3.63) is 0 Å². The Hall–Kier alpha value is -0.120. The lowest BCUT2D eigenvalue weighted by atomic mass is 10.5. The molecule has 0 radical (unpaired) electrons. The molecule has 0 rings (SSSR count). The van der Waals surface area contributed by atoms with E-state index in [1.54, 1.807) is 0 Å². The summed E-state index contributed by atoms with van der Waals surface area (Å²) in [4.78, 5) is 0. The lowest BCUT2D eigenvalue weighted by Gasteiger charge is -2.02. The quantitative estimate of drug-likeness (QED) is 0.495. The molecule has 0 bridgehead atoms. The van der Waals surface area contributed by atoms with Crippen LogP contribution in [0.3, 0.4) is 0 Å². The molecule has 10 heavy (non-hydrogen) atoms. The maximum Gasteiger partial charge on any atom is 0.0590 e. The standard InChI is InChI=1S/C7H18N2O/c1-2-6-10-7-5-9-4-3-8/h9H,2-8H2,1H3. The van der Waals surface area contributed by atoms with Gasteiger partial charge in [0.05, 0.1) is 6.61 Å². The highest BCUT2D eigenvalue weighted by Crippen LogP contribution is 1.77. The van der Waals surface area contributed by atoms with Gasteiger partial charge in [-0.2, -0.15) is 0 Å². The molecule has 3 nitrogen and oxygen atoms in total. The highest BCUT2D eigenvalue weighted by atomic mass is 16.5. The van der Waals surface area contributed by atoms with Crippen LogP contribution in [0.25, 0.3) is 0 Å². The number of nitrogens with one attached hydrogen (secondary N) is 1. The summed E-state index contributed by atoms with van der Waals surface area (Å²) in [7, 11) is 0. The lowest BCUT2D eigenvalue weighted by molar-refractivity contribution is 0.137. The van der Waals surface area contributed by atoms with Gasteiger partial charge in [0, 0.05) is 26.2 Å². The summed E-state index contributed by atoms with van der Waals surface area (Å²) in [6, 6.07) is 0. The monoisotopic (exact) mass is 146 g/mol. The van der Waals surface area contributed by atoms with Crippen LogP contribution in [-0.4, -0.2) is 32.8 Å². The number of nitrogens with two attached hydrogens (primary N) is 1. The Labute approximate surface area is 62.9 Å². The van der Waals surface area contributed by atoms with Gasteiger partial charge in [-0.05, 0) is 6.42 Å². The molecule has 0 heterocycles. The minimum absolute atomic E-state index is 0.702. The van der Waals surface area contributed by atoms with Gasteiger partial charge in [0.1, 0.15) is 0 Å². The first-order chi connectivity index (χ1) is 4.91. The van der Waals surface area contributed by atoms with Crippen LogP contribution in [0.2, 0.25) is 0 Å². The Morgan fingerprint density at radius 1 is 1.30 bits per heavy atom. The van der Waals surface area contributed by atoms with E-state index in [4.69, 9.17) is 10.5 Å². The van der Waals surface area contributed by atoms with Crippen LogP contribution >= 0.6 is 0 Å². The van der Waals surface area contributed by atoms with E-state index in [0.29, 0.717) is 6.54 Å². The summed E-state index contributed by atoms with van der Waals surface area (Å²) in [5.74, 6) is 0. The van der Waals surface area contributed by atoms with Crippen LogP contribution in [0.5, 0.6) is 0 Å². The van der Waals surface area contributed by atoms with E-state index in [0.717, 1.165) is 32.7 Å². The molecule has 0 spiro atoms. The predicted octanol–water partition coefficient (Wildman–Crippen LogP) is -0.0387. The largest absolute Gasteiger partial charge is 0.380 e. The van der Waals surface area contributed by atoms with Crippen molar-refractivity contribution < 1.29 is 4.74 Å². The lowest BCUT2D eigenvalue weighted by Crippen LogP contribution is -2.26. The van der Waals surface area contributed by atoms with Crippen LogP contribution in [-0.2, 0) is 4.74 Å². The van der Waals surface area contributed by atoms with Crippen LogP contribution in [0, 0.1) is 0 Å². The first-order valence-corrected chi connectivity index (χ1v) is 3.90. The number of ether oxygens (including phenoxy) is 1. The van der Waals surface area contributed by atoms with E-state index >= 15 is 0 Å². The molecule has 0 aliphatic carbocycles. The number of hydrogen-bond acceptors (Lipinski definition) is 3. The van der Waals surface area contributed by atoms with Gasteiger partial charge < -0.3 is 15.8 Å². The van der Waals surface area contributed by atoms with E-state index < -0.39 is 0 Å². The molecular formula is C7H18N2O. The molecule has 0 aromatic carbocycles. The van der Waals surface area contributed by atoms with Crippen molar-refractivity contribution in [1.29, 1.82) is 0 Å². The highest BCUT2D eigenvalue weighted by Gasteiger charge is 1.84. The zero-order valence-electron chi connectivity index (χ0n) is 6.73. The average molecular weight is 146 g/mol. The third-order valence-electron chi connectivity index (χ3n) is 1.09. The zero-order valence-corrected chi connectivity index (χ0v) is 6.73. The van der Waals surface area contributed by atoms with Gasteiger partial charge in [0.25, 0.3) is 0 Å². The van der Waals surface area contributed by atoms with Crippen molar-refractivity contribution in [2.24, 2.45) is 5.73 Å². The van der Waals surface area contributed by atoms with Gasteiger partial charge in [0.15, 0.2) is 0 Å². The van der Waals surface area contributed by atoms with E-state index in [-0.39, 0.29) is 0 Å². The van der Waals surface area contributed by atoms with Crippen LogP contribution in [0.1, 0.15) is 13.3 Å². The summed E-state index contributed by atoms with van der Waals surface area (Å²) >= 11 is 0. The van der Waals surface area contributed by atoms with Crippen LogP contribution < -0.4 is 11.1 Å². The van der Waals surface area contributed by atoms with Crippen molar-refractivity contribution in [2.75, 3.05) is 32.8 Å². The average Bonchev–Trinajstić information content (AvgIpc) is 1.97. The fraction of sp³-hybridized carbons (Fsp3) is 1.00. The van der Waals surface area contributed by atoms with Crippen molar-refractivity contribution in [3.63, 3.8) is 0 Å². The molecule has 3 heteroatoms. The normalized spacial score (nSPS) is 10.2. The first kappa shape index (κ1) is 9.88. The second kappa shape index (κ2) is 8.88. The van der Waals surface area contributed by atoms with Gasteiger partial charge in [-0.15, -0.1) is 0 Å². The fourth-order valence-electron chi connectivity index (χ4n) is 0.618. The summed E-state index contributed by atoms with van der Waals surface area (Å²) in [6.07, 6.45) is 1.09. The minimum Gasteiger partial charge on any atom is -0.380 e. The maximum absolute atomic E-state index is 5.27. The fourth-order valence-corrected chi connectivity index (χ4v) is 0.618. The molecule has 62 valence electrons. The summed E-state index contributed by atoms with van der Waals surface area (Å²) in [5, 5.41) is 3.14. The highest BCUT2D eigenvalue weighted by molar-refractivity contribution is 4.44. The number of hydrogen-bond donors (Lipinski definition) is 2. The minimum atomic E-state index is 0.702. The Balaban J connectivity index is 2.65.